The van der Waals surface area contributed by atoms with Crippen LogP contribution < -0.4 is 4.74 Å². The van der Waals surface area contributed by atoms with E-state index in [0.29, 0.717) is 17.9 Å². The summed E-state index contributed by atoms with van der Waals surface area (Å²) >= 11 is 0. The van der Waals surface area contributed by atoms with E-state index < -0.39 is 12.6 Å². The summed E-state index contributed by atoms with van der Waals surface area (Å²) in [5.74, 6) is 0.499. The van der Waals surface area contributed by atoms with E-state index in [4.69, 9.17) is 9.94 Å². The highest BCUT2D eigenvalue weighted by molar-refractivity contribution is 6.00. The zero-order chi connectivity index (χ0) is 14.3. The van der Waals surface area contributed by atoms with Gasteiger partial charge in [0.2, 0.25) is 0 Å². The van der Waals surface area contributed by atoms with Crippen molar-refractivity contribution in [2.45, 2.75) is 32.4 Å². The molecular weight excluding hydrogens is 259 g/mol. The van der Waals surface area contributed by atoms with Crippen molar-refractivity contribution in [3.05, 3.63) is 29.8 Å². The molecule has 0 aromatic heterocycles. The second-order valence-corrected chi connectivity index (χ2v) is 3.99. The second kappa shape index (κ2) is 7.01. The third-order valence-corrected chi connectivity index (χ3v) is 2.52. The van der Waals surface area contributed by atoms with Crippen molar-refractivity contribution in [1.82, 2.24) is 0 Å². The van der Waals surface area contributed by atoms with Gasteiger partial charge in [0.25, 0.3) is 0 Å². The molecule has 1 rings (SSSR count). The van der Waals surface area contributed by atoms with Crippen LogP contribution in [0.15, 0.2) is 29.4 Å². The van der Waals surface area contributed by atoms with Crippen LogP contribution in [0, 0.1) is 0 Å². The van der Waals surface area contributed by atoms with Crippen LogP contribution >= 0.6 is 0 Å². The summed E-state index contributed by atoms with van der Waals surface area (Å²) in [6, 6.07) is 6.70. The van der Waals surface area contributed by atoms with Crippen LogP contribution in [0.25, 0.3) is 0 Å². The number of ether oxygens (including phenoxy) is 1. The largest absolute Gasteiger partial charge is 0.494 e. The highest BCUT2D eigenvalue weighted by Gasteiger charge is 2.26. The summed E-state index contributed by atoms with van der Waals surface area (Å²) in [4.78, 5) is 0. The molecule has 0 spiro atoms. The number of nitrogens with zero attached hydrogens (tertiary/aromatic N) is 1. The number of hydrogen-bond acceptors (Lipinski definition) is 3. The Morgan fingerprint density at radius 2 is 1.89 bits per heavy atom. The van der Waals surface area contributed by atoms with Gasteiger partial charge >= 0.3 is 6.18 Å². The van der Waals surface area contributed by atoms with E-state index in [-0.39, 0.29) is 13.0 Å². The van der Waals surface area contributed by atoms with Crippen LogP contribution in [0.4, 0.5) is 13.2 Å². The topological polar surface area (TPSA) is 41.8 Å². The Balaban J connectivity index is 2.45. The molecule has 1 aromatic carbocycles. The van der Waals surface area contributed by atoms with Gasteiger partial charge in [0.05, 0.1) is 12.3 Å². The lowest BCUT2D eigenvalue weighted by Crippen LogP contribution is -2.09. The van der Waals surface area contributed by atoms with E-state index >= 15 is 0 Å². The number of halogens is 3. The first kappa shape index (κ1) is 15.3. The second-order valence-electron chi connectivity index (χ2n) is 3.99. The molecule has 6 heteroatoms. The predicted molar refractivity (Wildman–Crippen MR) is 65.8 cm³/mol. The zero-order valence-corrected chi connectivity index (χ0v) is 10.6. The maximum atomic E-state index is 11.9. The lowest BCUT2D eigenvalue weighted by Gasteiger charge is -2.09. The van der Waals surface area contributed by atoms with Gasteiger partial charge in [0.15, 0.2) is 0 Å². The van der Waals surface area contributed by atoms with Crippen molar-refractivity contribution in [3.63, 3.8) is 0 Å². The zero-order valence-electron chi connectivity index (χ0n) is 10.6. The van der Waals surface area contributed by atoms with Crippen molar-refractivity contribution in [2.24, 2.45) is 5.16 Å². The molecule has 0 saturated heterocycles. The average Bonchev–Trinajstić information content (AvgIpc) is 2.37. The van der Waals surface area contributed by atoms with Gasteiger partial charge in [0, 0.05) is 6.42 Å². The Labute approximate surface area is 109 Å². The minimum atomic E-state index is -4.14. The van der Waals surface area contributed by atoms with E-state index in [0.717, 1.165) is 5.56 Å². The van der Waals surface area contributed by atoms with E-state index in [9.17, 15) is 13.2 Å². The number of oxime groups is 1. The Bertz CT molecular complexity index is 413. The normalized spacial score (nSPS) is 12.5. The quantitative estimate of drug-likeness (QED) is 0.369. The third kappa shape index (κ3) is 5.63. The van der Waals surface area contributed by atoms with Gasteiger partial charge in [-0.25, -0.2) is 0 Å². The first-order valence-corrected chi connectivity index (χ1v) is 5.97. The molecule has 1 aromatic rings. The minimum Gasteiger partial charge on any atom is -0.494 e. The fraction of sp³-hybridized carbons (Fsp3) is 0.462. The highest BCUT2D eigenvalue weighted by atomic mass is 19.4. The van der Waals surface area contributed by atoms with E-state index in [1.165, 1.54) is 0 Å². The summed E-state index contributed by atoms with van der Waals surface area (Å²) in [5, 5.41) is 11.9. The van der Waals surface area contributed by atoms with Crippen LogP contribution in [0.1, 0.15) is 31.7 Å². The average molecular weight is 275 g/mol. The van der Waals surface area contributed by atoms with Crippen LogP contribution in [0.2, 0.25) is 0 Å². The van der Waals surface area contributed by atoms with Gasteiger partial charge < -0.3 is 9.94 Å². The fourth-order valence-electron chi connectivity index (χ4n) is 1.54. The molecule has 1 N–H and O–H groups in total. The van der Waals surface area contributed by atoms with E-state index in [1.54, 1.807) is 24.3 Å². The fourth-order valence-corrected chi connectivity index (χ4v) is 1.54. The smallest absolute Gasteiger partial charge is 0.389 e. The molecule has 0 unspecified atom stereocenters. The first-order chi connectivity index (χ1) is 8.96. The van der Waals surface area contributed by atoms with Gasteiger partial charge in [-0.1, -0.05) is 12.1 Å². The first-order valence-electron chi connectivity index (χ1n) is 5.97. The van der Waals surface area contributed by atoms with Crippen molar-refractivity contribution in [2.75, 3.05) is 6.61 Å². The minimum absolute atomic E-state index is 0.0214. The molecule has 0 aliphatic carbocycles. The molecule has 106 valence electrons. The standard InChI is InChI=1S/C13H16F3NO2/c1-2-12(17-18)10-4-6-11(7-5-10)19-9-3-8-13(14,15)16/h4-7,18H,2-3,8-9H2,1H3/b17-12-. The molecule has 0 radical (unpaired) electrons. The molecule has 0 amide bonds. The van der Waals surface area contributed by atoms with Crippen molar-refractivity contribution >= 4 is 5.71 Å². The molecule has 0 bridgehead atoms. The lowest BCUT2D eigenvalue weighted by atomic mass is 10.1. The SMILES string of the molecule is CC/C(=N/O)c1ccc(OCCCC(F)(F)F)cc1. The molecule has 0 fully saturated rings. The number of hydrogen-bond donors (Lipinski definition) is 1. The van der Waals surface area contributed by atoms with Gasteiger partial charge in [-0.05, 0) is 42.7 Å². The summed E-state index contributed by atoms with van der Waals surface area (Å²) < 4.78 is 40.9. The summed E-state index contributed by atoms with van der Waals surface area (Å²) in [7, 11) is 0. The highest BCUT2D eigenvalue weighted by Crippen LogP contribution is 2.21. The summed E-state index contributed by atoms with van der Waals surface area (Å²) in [6.45, 7) is 1.88. The number of alkyl halides is 3. The summed E-state index contributed by atoms with van der Waals surface area (Å²) in [5.41, 5.74) is 1.30. The monoisotopic (exact) mass is 275 g/mol. The number of rotatable bonds is 6. The molecule has 0 aliphatic heterocycles. The molecule has 0 saturated carbocycles. The summed E-state index contributed by atoms with van der Waals surface area (Å²) in [6.07, 6.45) is -4.46. The van der Waals surface area contributed by atoms with Crippen LogP contribution in [-0.2, 0) is 0 Å². The van der Waals surface area contributed by atoms with Gasteiger partial charge in [-0.2, -0.15) is 13.2 Å². The van der Waals surface area contributed by atoms with Crippen molar-refractivity contribution in [1.29, 1.82) is 0 Å². The van der Waals surface area contributed by atoms with E-state index in [2.05, 4.69) is 5.16 Å². The molecule has 3 nitrogen and oxygen atoms in total. The van der Waals surface area contributed by atoms with Crippen molar-refractivity contribution < 1.29 is 23.1 Å². The van der Waals surface area contributed by atoms with E-state index in [1.807, 2.05) is 6.92 Å². The third-order valence-electron chi connectivity index (χ3n) is 2.52. The van der Waals surface area contributed by atoms with Crippen LogP contribution in [0.3, 0.4) is 0 Å². The Morgan fingerprint density at radius 3 is 2.37 bits per heavy atom. The van der Waals surface area contributed by atoms with Gasteiger partial charge in [0.1, 0.15) is 5.75 Å². The lowest BCUT2D eigenvalue weighted by molar-refractivity contribution is -0.136. The molecular formula is C13H16F3NO2. The number of benzene rings is 1. The predicted octanol–water partition coefficient (Wildman–Crippen LogP) is 4.00. The Hall–Kier alpha value is -1.72. The molecule has 0 heterocycles. The maximum Gasteiger partial charge on any atom is 0.389 e. The molecule has 19 heavy (non-hydrogen) atoms. The van der Waals surface area contributed by atoms with Crippen LogP contribution in [-0.4, -0.2) is 23.7 Å². The van der Waals surface area contributed by atoms with Crippen LogP contribution in [0.5, 0.6) is 5.75 Å². The molecule has 0 atom stereocenters. The molecule has 0 aliphatic rings. The van der Waals surface area contributed by atoms with Crippen molar-refractivity contribution in [3.8, 4) is 5.75 Å². The Morgan fingerprint density at radius 1 is 1.26 bits per heavy atom. The maximum absolute atomic E-state index is 11.9. The van der Waals surface area contributed by atoms with Gasteiger partial charge in [-0.15, -0.1) is 0 Å². The van der Waals surface area contributed by atoms with Gasteiger partial charge in [-0.3, -0.25) is 0 Å². The Kier molecular flexibility index (Phi) is 5.66.